The van der Waals surface area contributed by atoms with Crippen LogP contribution in [0.5, 0.6) is 0 Å². The zero-order valence-electron chi connectivity index (χ0n) is 20.4. The first-order valence-corrected chi connectivity index (χ1v) is 11.3. The van der Waals surface area contributed by atoms with Gasteiger partial charge in [0.05, 0.1) is 36.7 Å². The molecule has 2 amide bonds. The molecule has 10 nitrogen and oxygen atoms in total. The molecule has 35 heavy (non-hydrogen) atoms. The van der Waals surface area contributed by atoms with Crippen molar-refractivity contribution < 1.29 is 33.0 Å². The predicted molar refractivity (Wildman–Crippen MR) is 128 cm³/mol. The van der Waals surface area contributed by atoms with E-state index in [2.05, 4.69) is 15.6 Å². The van der Waals surface area contributed by atoms with Gasteiger partial charge in [0.15, 0.2) is 0 Å². The van der Waals surface area contributed by atoms with Crippen LogP contribution < -0.4 is 16.4 Å². The van der Waals surface area contributed by atoms with Crippen molar-refractivity contribution in [3.05, 3.63) is 41.9 Å². The molecule has 0 saturated carbocycles. The molecule has 1 aromatic carbocycles. The number of amides is 2. The molecule has 0 aromatic heterocycles. The zero-order chi connectivity index (χ0) is 26.4. The van der Waals surface area contributed by atoms with E-state index in [0.717, 1.165) is 6.20 Å². The van der Waals surface area contributed by atoms with Crippen LogP contribution in [-0.2, 0) is 28.7 Å². The minimum Gasteiger partial charge on any atom is -0.466 e. The standard InChI is InChI=1S/C24H33FN4O6/c1-5-34-21(31)12-11-19(24(33)35-6-2)29-20(30)14-27-23(32)18(13-26)22(15(3)4)28-17-9-7-16(25)8-10-17/h7-10,13,15,19H,5-6,11-12,14,26H2,1-4H3,(H,27,32)(H,29,30)/b18-13+,28-22?. The summed E-state index contributed by atoms with van der Waals surface area (Å²) in [7, 11) is 0. The summed E-state index contributed by atoms with van der Waals surface area (Å²) in [6.45, 7) is 6.71. The SMILES string of the molecule is CCOC(=O)CCC(NC(=O)CNC(=O)/C(=C/N)C(=Nc1ccc(F)cc1)C(C)C)C(=O)OCC. The molecule has 1 unspecified atom stereocenters. The molecule has 0 saturated heterocycles. The van der Waals surface area contributed by atoms with Crippen LogP contribution in [0.3, 0.4) is 0 Å². The summed E-state index contributed by atoms with van der Waals surface area (Å²) in [5.41, 5.74) is 6.49. The Morgan fingerprint density at radius 3 is 2.26 bits per heavy atom. The van der Waals surface area contributed by atoms with E-state index >= 15 is 0 Å². The minimum absolute atomic E-state index is 0.0207. The summed E-state index contributed by atoms with van der Waals surface area (Å²) in [5, 5.41) is 4.90. The van der Waals surface area contributed by atoms with Crippen LogP contribution in [0.25, 0.3) is 0 Å². The highest BCUT2D eigenvalue weighted by molar-refractivity contribution is 6.23. The van der Waals surface area contributed by atoms with Crippen LogP contribution in [-0.4, -0.2) is 55.3 Å². The van der Waals surface area contributed by atoms with Gasteiger partial charge in [-0.05, 0) is 50.5 Å². The third-order valence-electron chi connectivity index (χ3n) is 4.57. The maximum atomic E-state index is 13.2. The van der Waals surface area contributed by atoms with Gasteiger partial charge in [-0.2, -0.15) is 0 Å². The second kappa shape index (κ2) is 15.2. The molecule has 4 N–H and O–H groups in total. The number of carbonyl (C=O) groups excluding carboxylic acids is 4. The molecule has 0 aliphatic rings. The van der Waals surface area contributed by atoms with Crippen molar-refractivity contribution in [1.82, 2.24) is 10.6 Å². The molecule has 1 rings (SSSR count). The molecule has 0 heterocycles. The van der Waals surface area contributed by atoms with E-state index in [-0.39, 0.29) is 37.5 Å². The summed E-state index contributed by atoms with van der Waals surface area (Å²) >= 11 is 0. The lowest BCUT2D eigenvalue weighted by atomic mass is 9.99. The average Bonchev–Trinajstić information content (AvgIpc) is 2.81. The molecule has 0 fully saturated rings. The Morgan fingerprint density at radius 2 is 1.71 bits per heavy atom. The van der Waals surface area contributed by atoms with Crippen molar-refractivity contribution in [2.75, 3.05) is 19.8 Å². The highest BCUT2D eigenvalue weighted by Gasteiger charge is 2.24. The number of esters is 2. The summed E-state index contributed by atoms with van der Waals surface area (Å²) in [6, 6.07) is 4.33. The van der Waals surface area contributed by atoms with Gasteiger partial charge in [0.25, 0.3) is 5.91 Å². The third kappa shape index (κ3) is 10.4. The number of hydrogen-bond donors (Lipinski definition) is 3. The molecule has 0 bridgehead atoms. The normalized spacial score (nSPS) is 12.6. The molecule has 0 spiro atoms. The second-order valence-electron chi connectivity index (χ2n) is 7.61. The maximum absolute atomic E-state index is 13.2. The quantitative estimate of drug-likeness (QED) is 0.216. The summed E-state index contributed by atoms with van der Waals surface area (Å²) in [6.07, 6.45) is 0.963. The van der Waals surface area contributed by atoms with E-state index in [4.69, 9.17) is 15.2 Å². The Bertz CT molecular complexity index is 944. The first kappa shape index (κ1) is 29.3. The molecule has 192 valence electrons. The third-order valence-corrected chi connectivity index (χ3v) is 4.57. The molecular formula is C24H33FN4O6. The summed E-state index contributed by atoms with van der Waals surface area (Å²) in [5.74, 6) is -3.17. The first-order chi connectivity index (χ1) is 16.6. The maximum Gasteiger partial charge on any atom is 0.328 e. The Labute approximate surface area is 204 Å². The highest BCUT2D eigenvalue weighted by atomic mass is 19.1. The van der Waals surface area contributed by atoms with E-state index in [1.165, 1.54) is 24.3 Å². The number of rotatable bonds is 13. The molecule has 1 atom stereocenters. The number of hydrogen-bond acceptors (Lipinski definition) is 8. The van der Waals surface area contributed by atoms with E-state index in [1.807, 2.05) is 0 Å². The van der Waals surface area contributed by atoms with Gasteiger partial charge < -0.3 is 25.8 Å². The molecule has 0 aliphatic heterocycles. The van der Waals surface area contributed by atoms with E-state index in [1.54, 1.807) is 27.7 Å². The van der Waals surface area contributed by atoms with Crippen molar-refractivity contribution in [2.45, 2.75) is 46.6 Å². The molecule has 11 heteroatoms. The van der Waals surface area contributed by atoms with Gasteiger partial charge in [-0.3, -0.25) is 19.4 Å². The largest absolute Gasteiger partial charge is 0.466 e. The van der Waals surface area contributed by atoms with Gasteiger partial charge in [-0.25, -0.2) is 9.18 Å². The fourth-order valence-corrected chi connectivity index (χ4v) is 2.92. The second-order valence-corrected chi connectivity index (χ2v) is 7.61. The number of benzene rings is 1. The van der Waals surface area contributed by atoms with Crippen LogP contribution in [0, 0.1) is 11.7 Å². The average molecular weight is 493 g/mol. The molecule has 0 radical (unpaired) electrons. The van der Waals surface area contributed by atoms with Gasteiger partial charge in [0, 0.05) is 12.6 Å². The van der Waals surface area contributed by atoms with Gasteiger partial charge in [-0.15, -0.1) is 0 Å². The Morgan fingerprint density at radius 1 is 1.09 bits per heavy atom. The number of nitrogens with two attached hydrogens (primary N) is 1. The minimum atomic E-state index is -1.08. The van der Waals surface area contributed by atoms with Gasteiger partial charge in [-0.1, -0.05) is 13.8 Å². The number of ether oxygens (including phenoxy) is 2. The van der Waals surface area contributed by atoms with Crippen LogP contribution in [0.4, 0.5) is 10.1 Å². The summed E-state index contributed by atoms with van der Waals surface area (Å²) < 4.78 is 23.0. The van der Waals surface area contributed by atoms with Crippen molar-refractivity contribution in [3.8, 4) is 0 Å². The van der Waals surface area contributed by atoms with Gasteiger partial charge >= 0.3 is 11.9 Å². The summed E-state index contributed by atoms with van der Waals surface area (Å²) in [4.78, 5) is 53.3. The highest BCUT2D eigenvalue weighted by Crippen LogP contribution is 2.18. The van der Waals surface area contributed by atoms with Gasteiger partial charge in [0.1, 0.15) is 11.9 Å². The lowest BCUT2D eigenvalue weighted by molar-refractivity contribution is -0.148. The van der Waals surface area contributed by atoms with Crippen molar-refractivity contribution in [1.29, 1.82) is 0 Å². The fourth-order valence-electron chi connectivity index (χ4n) is 2.92. The number of aliphatic imine (C=N–C) groups is 1. The Hall–Kier alpha value is -3.76. The van der Waals surface area contributed by atoms with Crippen LogP contribution in [0.15, 0.2) is 41.0 Å². The topological polar surface area (TPSA) is 149 Å². The van der Waals surface area contributed by atoms with Crippen molar-refractivity contribution >= 4 is 35.2 Å². The van der Waals surface area contributed by atoms with Gasteiger partial charge in [0.2, 0.25) is 5.91 Å². The lowest BCUT2D eigenvalue weighted by Gasteiger charge is -2.18. The Kier molecular flexibility index (Phi) is 12.7. The lowest BCUT2D eigenvalue weighted by Crippen LogP contribution is -2.47. The van der Waals surface area contributed by atoms with Crippen LogP contribution in [0.1, 0.15) is 40.5 Å². The molecule has 0 aliphatic carbocycles. The fraction of sp³-hybridized carbons (Fsp3) is 0.458. The van der Waals surface area contributed by atoms with E-state index in [0.29, 0.717) is 11.4 Å². The van der Waals surface area contributed by atoms with Crippen molar-refractivity contribution in [3.63, 3.8) is 0 Å². The number of halogens is 1. The van der Waals surface area contributed by atoms with E-state index in [9.17, 15) is 23.6 Å². The molecular weight excluding hydrogens is 459 g/mol. The predicted octanol–water partition coefficient (Wildman–Crippen LogP) is 1.90. The zero-order valence-corrected chi connectivity index (χ0v) is 20.4. The van der Waals surface area contributed by atoms with Crippen LogP contribution >= 0.6 is 0 Å². The van der Waals surface area contributed by atoms with E-state index < -0.39 is 42.2 Å². The first-order valence-electron chi connectivity index (χ1n) is 11.3. The number of nitrogens with zero attached hydrogens (tertiary/aromatic N) is 1. The Balaban J connectivity index is 2.85. The van der Waals surface area contributed by atoms with Crippen molar-refractivity contribution in [2.24, 2.45) is 16.6 Å². The smallest absolute Gasteiger partial charge is 0.328 e. The number of carbonyl (C=O) groups is 4. The number of nitrogens with one attached hydrogen (secondary N) is 2. The van der Waals surface area contributed by atoms with Crippen LogP contribution in [0.2, 0.25) is 0 Å². The monoisotopic (exact) mass is 492 g/mol. The molecule has 1 aromatic rings.